The van der Waals surface area contributed by atoms with Crippen molar-refractivity contribution < 1.29 is 47.4 Å². The third-order valence-corrected chi connectivity index (χ3v) is 15.8. The second kappa shape index (κ2) is 24.4. The number of halogens is 3. The van der Waals surface area contributed by atoms with Gasteiger partial charge in [0.1, 0.15) is 59.7 Å². The molecule has 2 saturated heterocycles. The van der Waals surface area contributed by atoms with Crippen molar-refractivity contribution in [1.29, 1.82) is 0 Å². The average Bonchev–Trinajstić information content (AvgIpc) is 3.78. The highest BCUT2D eigenvalue weighted by atomic mass is 35.5. The average molecular weight is 1060 g/mol. The normalized spacial score (nSPS) is 23.7. The van der Waals surface area contributed by atoms with Crippen LogP contribution in [0.4, 0.5) is 4.39 Å². The van der Waals surface area contributed by atoms with E-state index in [4.69, 9.17) is 61.3 Å². The van der Waals surface area contributed by atoms with E-state index in [1.807, 2.05) is 13.8 Å². The molecule has 4 aliphatic heterocycles. The first-order valence-corrected chi connectivity index (χ1v) is 26.4. The minimum atomic E-state index is -1.53. The first kappa shape index (κ1) is 52.6. The molecular formula is C54H61Cl2FN6O9S. The number of piperazine rings is 1. The zero-order valence-electron chi connectivity index (χ0n) is 41.3. The van der Waals surface area contributed by atoms with Gasteiger partial charge in [-0.05, 0) is 99.0 Å². The maximum atomic E-state index is 14.4. The highest BCUT2D eigenvalue weighted by Gasteiger charge is 2.33. The van der Waals surface area contributed by atoms with Crippen LogP contribution in [0.1, 0.15) is 60.7 Å². The number of carboxylic acids is 1. The molecule has 5 aromatic rings. The number of benzene rings is 2. The molecule has 0 spiro atoms. The fourth-order valence-corrected chi connectivity index (χ4v) is 11.4. The van der Waals surface area contributed by atoms with Crippen molar-refractivity contribution in [1.82, 2.24) is 29.7 Å². The number of ether oxygens (including phenoxy) is 7. The smallest absolute Gasteiger partial charge is 0.345 e. The summed E-state index contributed by atoms with van der Waals surface area (Å²) in [4.78, 5) is 38.1. The van der Waals surface area contributed by atoms with E-state index < -0.39 is 24.0 Å². The number of carbonyl (C=O) groups is 1. The number of carboxylic acid groups (broad SMARTS) is 1. The van der Waals surface area contributed by atoms with E-state index in [1.165, 1.54) is 29.8 Å². The lowest BCUT2D eigenvalue weighted by atomic mass is 9.82. The van der Waals surface area contributed by atoms with Gasteiger partial charge in [-0.1, -0.05) is 48.0 Å². The monoisotopic (exact) mass is 1060 g/mol. The lowest BCUT2D eigenvalue weighted by molar-refractivity contribution is -0.145. The van der Waals surface area contributed by atoms with Crippen LogP contribution in [0.15, 0.2) is 79.2 Å². The van der Waals surface area contributed by atoms with Gasteiger partial charge in [-0.15, -0.1) is 11.3 Å². The van der Waals surface area contributed by atoms with Gasteiger partial charge in [-0.25, -0.2) is 29.1 Å². The number of hydrogen-bond acceptors (Lipinski definition) is 15. The molecule has 2 bridgehead atoms. The van der Waals surface area contributed by atoms with E-state index in [-0.39, 0.29) is 53.3 Å². The molecule has 19 heteroatoms. The summed E-state index contributed by atoms with van der Waals surface area (Å²) < 4.78 is 58.2. The molecule has 388 valence electrons. The van der Waals surface area contributed by atoms with Gasteiger partial charge >= 0.3 is 5.97 Å². The summed E-state index contributed by atoms with van der Waals surface area (Å²) in [6, 6.07) is 7.91. The van der Waals surface area contributed by atoms with Crippen LogP contribution in [0.25, 0.3) is 31.8 Å². The Morgan fingerprint density at radius 2 is 1.71 bits per heavy atom. The number of nitrogens with zero attached hydrogens (tertiary/aromatic N) is 6. The Morgan fingerprint density at radius 1 is 0.945 bits per heavy atom. The Hall–Kier alpha value is -5.24. The van der Waals surface area contributed by atoms with E-state index in [0.29, 0.717) is 106 Å². The van der Waals surface area contributed by atoms with Gasteiger partial charge in [0.15, 0.2) is 5.75 Å². The molecule has 1 N–H and O–H groups in total. The minimum Gasteiger partial charge on any atom is -0.491 e. The topological polar surface area (TPSA) is 160 Å². The van der Waals surface area contributed by atoms with Crippen molar-refractivity contribution >= 4 is 50.7 Å². The quantitative estimate of drug-likeness (QED) is 0.119. The van der Waals surface area contributed by atoms with Crippen molar-refractivity contribution in [2.75, 3.05) is 79.4 Å². The van der Waals surface area contributed by atoms with Crippen LogP contribution in [0.5, 0.6) is 11.6 Å². The molecule has 3 fully saturated rings. The van der Waals surface area contributed by atoms with Gasteiger partial charge in [0, 0.05) is 68.0 Å². The Balaban J connectivity index is 1.05. The van der Waals surface area contributed by atoms with Crippen LogP contribution >= 0.6 is 34.5 Å². The minimum absolute atomic E-state index is 0.00265. The zero-order chi connectivity index (χ0) is 51.0. The summed E-state index contributed by atoms with van der Waals surface area (Å²) in [5.74, 6) is 0.557. The predicted molar refractivity (Wildman–Crippen MR) is 278 cm³/mol. The molecule has 0 radical (unpaired) electrons. The molecule has 1 saturated carbocycles. The van der Waals surface area contributed by atoms with Gasteiger partial charge in [0.05, 0.1) is 54.0 Å². The highest BCUT2D eigenvalue weighted by Crippen LogP contribution is 2.53. The number of likely N-dealkylation sites (N-methyl/N-ethyl adjacent to an activating group) is 1. The van der Waals surface area contributed by atoms with Gasteiger partial charge in [-0.2, -0.15) is 0 Å². The van der Waals surface area contributed by atoms with E-state index in [1.54, 1.807) is 42.6 Å². The second-order valence-electron chi connectivity index (χ2n) is 19.0. The summed E-state index contributed by atoms with van der Waals surface area (Å²) in [6.07, 6.45) is 9.42. The van der Waals surface area contributed by atoms with Crippen molar-refractivity contribution in [2.45, 2.75) is 76.8 Å². The number of hydrogen-bond donors (Lipinski definition) is 1. The van der Waals surface area contributed by atoms with Gasteiger partial charge in [0.2, 0.25) is 12.0 Å². The van der Waals surface area contributed by atoms with Crippen LogP contribution in [-0.2, 0) is 35.1 Å². The molecule has 0 amide bonds. The van der Waals surface area contributed by atoms with Crippen molar-refractivity contribution in [3.05, 3.63) is 118 Å². The number of aromatic nitrogens is 4. The number of fused-ring (bicyclic) bond motifs is 10. The number of aliphatic carboxylic acids is 1. The Labute approximate surface area is 438 Å². The Morgan fingerprint density at radius 3 is 2.42 bits per heavy atom. The first-order chi connectivity index (χ1) is 35.4. The molecule has 73 heavy (non-hydrogen) atoms. The highest BCUT2D eigenvalue weighted by molar-refractivity contribution is 7.22. The van der Waals surface area contributed by atoms with Crippen molar-refractivity contribution in [3.63, 3.8) is 0 Å². The zero-order valence-corrected chi connectivity index (χ0v) is 43.7. The third-order valence-electron chi connectivity index (χ3n) is 13.8. The van der Waals surface area contributed by atoms with Gasteiger partial charge in [0.25, 0.3) is 0 Å². The summed E-state index contributed by atoms with van der Waals surface area (Å²) in [5, 5.41) is 12.0. The number of thiophene rings is 1. The van der Waals surface area contributed by atoms with Gasteiger partial charge in [-0.3, -0.25) is 4.90 Å². The maximum Gasteiger partial charge on any atom is 0.345 e. The number of rotatable bonds is 13. The molecular weight excluding hydrogens is 999 g/mol. The molecule has 3 aromatic heterocycles. The lowest BCUT2D eigenvalue weighted by Crippen LogP contribution is -2.48. The number of allylic oxidation sites excluding steroid dienone is 3. The molecule has 7 heterocycles. The van der Waals surface area contributed by atoms with Crippen LogP contribution in [-0.4, -0.2) is 139 Å². The van der Waals surface area contributed by atoms with Crippen molar-refractivity contribution in [3.8, 4) is 33.2 Å². The molecule has 10 rings (SSSR count). The summed E-state index contributed by atoms with van der Waals surface area (Å²) in [5.41, 5.74) is 3.84. The van der Waals surface area contributed by atoms with E-state index >= 15 is 0 Å². The van der Waals surface area contributed by atoms with Crippen LogP contribution < -0.4 is 9.47 Å². The van der Waals surface area contributed by atoms with E-state index in [2.05, 4.69) is 38.4 Å². The Kier molecular flexibility index (Phi) is 17.6. The fraction of sp³-hybridized carbons (Fsp3) is 0.463. The van der Waals surface area contributed by atoms with Crippen LogP contribution in [0, 0.1) is 25.6 Å². The third kappa shape index (κ3) is 12.8. The summed E-state index contributed by atoms with van der Waals surface area (Å²) >= 11 is 16.0. The predicted octanol–water partition coefficient (Wildman–Crippen LogP) is 10.0. The van der Waals surface area contributed by atoms with Crippen molar-refractivity contribution in [2.24, 2.45) is 5.92 Å². The molecule has 5 aliphatic rings. The summed E-state index contributed by atoms with van der Waals surface area (Å²) in [7, 11) is 2.10. The van der Waals surface area contributed by atoms with E-state index in [9.17, 15) is 14.3 Å². The SMILES string of the molecule is C=C/C=C1\C=C(/OCc2ccnc([C@H]3CC[C@H](COC[C@@H]4COCCO4)CC3)n2)C[C@H](C(=O)O)Oc2ncnc3sc(-c4ccc(F)cc4)c(c23)-c2c(C)c(Cl)c(c(Cl)c2C)O[C@H](CN2CCN(C)CC2)CO1. The summed E-state index contributed by atoms with van der Waals surface area (Å²) in [6.45, 7) is 14.6. The van der Waals surface area contributed by atoms with E-state index in [0.717, 1.165) is 57.7 Å². The molecule has 15 nitrogen and oxygen atoms in total. The molecule has 3 atom stereocenters. The van der Waals surface area contributed by atoms with Gasteiger partial charge < -0.3 is 43.2 Å². The Bertz CT molecular complexity index is 2780. The molecule has 0 unspecified atom stereocenters. The molecule has 2 aromatic carbocycles. The van der Waals surface area contributed by atoms with Crippen LogP contribution in [0.2, 0.25) is 10.0 Å². The second-order valence-corrected chi connectivity index (χ2v) is 20.7. The molecule has 1 aliphatic carbocycles. The largest absolute Gasteiger partial charge is 0.491 e. The van der Waals surface area contributed by atoms with Crippen LogP contribution in [0.3, 0.4) is 0 Å². The maximum absolute atomic E-state index is 14.4. The fourth-order valence-electron chi connectivity index (χ4n) is 9.77. The lowest BCUT2D eigenvalue weighted by Gasteiger charge is -2.35. The first-order valence-electron chi connectivity index (χ1n) is 24.8. The standard InChI is InChI=1S/C54H61Cl2FN6O9S/c1-5-6-39-23-40(69-27-38-15-16-58-51(61-38)36-9-7-34(8-10-36)26-67-29-42-28-66-21-22-68-42)24-43(54(64)65)72-52-46-45(50(73-53(46)60-31-59-52)35-11-13-37(57)14-12-35)44-32(2)47(55)49(48(56)33(44)3)71-41(30-70-39)25-63-19-17-62(4)18-20-63/h5-6,11-16,23,31,34,36,41-43H,1,7-10,17-22,24-30H2,2-4H3,(H,64,65)/b39-6+,40-23-/t34-,36-,41-,42+,43-/m1/s1.